The van der Waals surface area contributed by atoms with E-state index in [9.17, 15) is 13.2 Å². The zero-order chi connectivity index (χ0) is 20.6. The van der Waals surface area contributed by atoms with Gasteiger partial charge in [-0.3, -0.25) is 9.10 Å². The third-order valence-corrected chi connectivity index (χ3v) is 6.41. The molecular formula is C21H28N2O3S2. The summed E-state index contributed by atoms with van der Waals surface area (Å²) in [6.45, 7) is 4.39. The summed E-state index contributed by atoms with van der Waals surface area (Å²) >= 11 is 1.67. The smallest absolute Gasteiger partial charge is 0.232 e. The molecule has 1 amide bonds. The van der Waals surface area contributed by atoms with E-state index in [1.165, 1.54) is 10.6 Å². The summed E-state index contributed by atoms with van der Waals surface area (Å²) in [7, 11) is -3.41. The summed E-state index contributed by atoms with van der Waals surface area (Å²) in [5, 5.41) is 2.93. The zero-order valence-electron chi connectivity index (χ0n) is 16.6. The Morgan fingerprint density at radius 3 is 2.36 bits per heavy atom. The number of sulfonamides is 1. The Kier molecular flexibility index (Phi) is 8.38. The molecule has 0 radical (unpaired) electrons. The first-order valence-electron chi connectivity index (χ1n) is 9.43. The summed E-state index contributed by atoms with van der Waals surface area (Å²) < 4.78 is 25.7. The fourth-order valence-corrected chi connectivity index (χ4v) is 4.56. The van der Waals surface area contributed by atoms with E-state index in [1.807, 2.05) is 48.5 Å². The van der Waals surface area contributed by atoms with E-state index >= 15 is 0 Å². The van der Waals surface area contributed by atoms with Gasteiger partial charge in [-0.15, -0.1) is 11.8 Å². The van der Waals surface area contributed by atoms with Crippen LogP contribution in [0.5, 0.6) is 0 Å². The Morgan fingerprint density at radius 2 is 1.75 bits per heavy atom. The average Bonchev–Trinajstić information content (AvgIpc) is 2.66. The molecule has 5 nitrogen and oxygen atoms in total. The molecule has 2 aromatic rings. The number of hydrogen-bond acceptors (Lipinski definition) is 4. The van der Waals surface area contributed by atoms with E-state index in [0.717, 1.165) is 28.3 Å². The number of benzene rings is 2. The number of anilines is 2. The lowest BCUT2D eigenvalue weighted by atomic mass is 10.1. The van der Waals surface area contributed by atoms with Gasteiger partial charge < -0.3 is 5.32 Å². The van der Waals surface area contributed by atoms with Gasteiger partial charge in [0.25, 0.3) is 0 Å². The van der Waals surface area contributed by atoms with Crippen molar-refractivity contribution in [2.45, 2.75) is 38.0 Å². The fourth-order valence-electron chi connectivity index (χ4n) is 2.83. The minimum Gasteiger partial charge on any atom is -0.325 e. The van der Waals surface area contributed by atoms with E-state index in [-0.39, 0.29) is 18.9 Å². The Balaban J connectivity index is 1.97. The maximum Gasteiger partial charge on any atom is 0.232 e. The lowest BCUT2D eigenvalue weighted by Gasteiger charge is -2.22. The van der Waals surface area contributed by atoms with Gasteiger partial charge in [0.1, 0.15) is 0 Å². The van der Waals surface area contributed by atoms with Crippen LogP contribution in [-0.2, 0) is 21.2 Å². The summed E-state index contributed by atoms with van der Waals surface area (Å²) in [5.41, 5.74) is 2.58. The van der Waals surface area contributed by atoms with Gasteiger partial charge in [-0.2, -0.15) is 0 Å². The van der Waals surface area contributed by atoms with Crippen LogP contribution in [0.25, 0.3) is 0 Å². The van der Waals surface area contributed by atoms with Gasteiger partial charge in [-0.05, 0) is 48.4 Å². The second-order valence-corrected chi connectivity index (χ2v) is 9.65. The first-order chi connectivity index (χ1) is 13.3. The normalized spacial score (nSPS) is 11.2. The number of para-hydroxylation sites is 1. The van der Waals surface area contributed by atoms with Gasteiger partial charge in [0.15, 0.2) is 0 Å². The number of nitrogens with zero attached hydrogens (tertiary/aromatic N) is 1. The third kappa shape index (κ3) is 6.56. The van der Waals surface area contributed by atoms with Crippen molar-refractivity contribution in [1.82, 2.24) is 0 Å². The first kappa shape index (κ1) is 22.3. The Morgan fingerprint density at radius 1 is 1.07 bits per heavy atom. The summed E-state index contributed by atoms with van der Waals surface area (Å²) in [5.74, 6) is 0.812. The molecular weight excluding hydrogens is 392 g/mol. The van der Waals surface area contributed by atoms with Crippen LogP contribution in [0.4, 0.5) is 11.4 Å². The van der Waals surface area contributed by atoms with Crippen molar-refractivity contribution in [1.29, 1.82) is 0 Å². The highest BCUT2D eigenvalue weighted by atomic mass is 32.2. The fraction of sp³-hybridized carbons (Fsp3) is 0.381. The molecule has 0 aliphatic heterocycles. The topological polar surface area (TPSA) is 66.5 Å². The van der Waals surface area contributed by atoms with Crippen LogP contribution in [0.15, 0.2) is 53.4 Å². The van der Waals surface area contributed by atoms with Crippen LogP contribution in [0.3, 0.4) is 0 Å². The lowest BCUT2D eigenvalue weighted by Crippen LogP contribution is -2.31. The average molecular weight is 421 g/mol. The molecule has 0 spiro atoms. The molecule has 0 saturated heterocycles. The second kappa shape index (κ2) is 10.5. The van der Waals surface area contributed by atoms with Gasteiger partial charge in [-0.25, -0.2) is 8.42 Å². The van der Waals surface area contributed by atoms with Crippen LogP contribution < -0.4 is 9.62 Å². The number of aryl methyl sites for hydroxylation is 1. The molecule has 0 aromatic heterocycles. The molecule has 1 N–H and O–H groups in total. The molecule has 0 aliphatic carbocycles. The Hall–Kier alpha value is -1.99. The van der Waals surface area contributed by atoms with Crippen LogP contribution in [0, 0.1) is 0 Å². The van der Waals surface area contributed by atoms with Gasteiger partial charge in [0, 0.05) is 17.9 Å². The van der Waals surface area contributed by atoms with Crippen LogP contribution in [-0.4, -0.2) is 32.9 Å². The summed E-state index contributed by atoms with van der Waals surface area (Å²) in [6.07, 6.45) is 2.79. The van der Waals surface area contributed by atoms with Crippen molar-refractivity contribution >= 4 is 39.1 Å². The molecule has 0 unspecified atom stereocenters. The van der Waals surface area contributed by atoms with Gasteiger partial charge in [0.05, 0.1) is 17.6 Å². The maximum absolute atomic E-state index is 12.3. The third-order valence-electron chi connectivity index (χ3n) is 4.26. The highest BCUT2D eigenvalue weighted by molar-refractivity contribution is 7.99. The first-order valence-corrected chi connectivity index (χ1v) is 12.3. The highest BCUT2D eigenvalue weighted by Gasteiger charge is 2.17. The number of hydrogen-bond donors (Lipinski definition) is 1. The minimum atomic E-state index is -3.41. The monoisotopic (exact) mass is 420 g/mol. The van der Waals surface area contributed by atoms with Crippen molar-refractivity contribution in [2.24, 2.45) is 0 Å². The molecule has 2 rings (SSSR count). The standard InChI is InChI=1S/C21H28N2O3S2/c1-4-17-12-14-18(15-13-17)23(28(3,25)26)16-8-11-21(24)22-19-9-6-7-10-20(19)27-5-2/h6-7,9-10,12-15H,4-5,8,11,16H2,1-3H3,(H,22,24). The molecule has 152 valence electrons. The summed E-state index contributed by atoms with van der Waals surface area (Å²) in [4.78, 5) is 13.4. The summed E-state index contributed by atoms with van der Waals surface area (Å²) in [6, 6.07) is 15.2. The minimum absolute atomic E-state index is 0.112. The SMILES string of the molecule is CCSc1ccccc1NC(=O)CCCN(c1ccc(CC)cc1)S(C)(=O)=O. The number of nitrogens with one attached hydrogen (secondary N) is 1. The maximum atomic E-state index is 12.3. The van der Waals surface area contributed by atoms with Crippen LogP contribution in [0.2, 0.25) is 0 Å². The van der Waals surface area contributed by atoms with E-state index in [0.29, 0.717) is 12.1 Å². The second-order valence-electron chi connectivity index (χ2n) is 6.44. The van der Waals surface area contributed by atoms with Crippen molar-refractivity contribution in [3.63, 3.8) is 0 Å². The quantitative estimate of drug-likeness (QED) is 0.573. The molecule has 2 aromatic carbocycles. The number of thioether (sulfide) groups is 1. The number of carbonyl (C=O) groups is 1. The van der Waals surface area contributed by atoms with Gasteiger partial charge in [0.2, 0.25) is 15.9 Å². The van der Waals surface area contributed by atoms with Crippen molar-refractivity contribution in [2.75, 3.05) is 28.2 Å². The Labute approximate surface area is 172 Å². The number of carbonyl (C=O) groups excluding carboxylic acids is 1. The van der Waals surface area contributed by atoms with Crippen molar-refractivity contribution in [3.8, 4) is 0 Å². The molecule has 28 heavy (non-hydrogen) atoms. The highest BCUT2D eigenvalue weighted by Crippen LogP contribution is 2.27. The molecule has 0 fully saturated rings. The van der Waals surface area contributed by atoms with Crippen molar-refractivity contribution < 1.29 is 13.2 Å². The zero-order valence-corrected chi connectivity index (χ0v) is 18.3. The van der Waals surface area contributed by atoms with E-state index in [1.54, 1.807) is 11.8 Å². The Bertz CT molecular complexity index is 881. The van der Waals surface area contributed by atoms with Crippen LogP contribution >= 0.6 is 11.8 Å². The van der Waals surface area contributed by atoms with E-state index in [4.69, 9.17) is 0 Å². The largest absolute Gasteiger partial charge is 0.325 e. The predicted molar refractivity (Wildman–Crippen MR) is 119 cm³/mol. The van der Waals surface area contributed by atoms with Crippen LogP contribution in [0.1, 0.15) is 32.3 Å². The van der Waals surface area contributed by atoms with E-state index in [2.05, 4.69) is 19.2 Å². The molecule has 0 atom stereocenters. The van der Waals surface area contributed by atoms with Gasteiger partial charge >= 0.3 is 0 Å². The van der Waals surface area contributed by atoms with E-state index < -0.39 is 10.0 Å². The molecule has 0 aliphatic rings. The lowest BCUT2D eigenvalue weighted by molar-refractivity contribution is -0.116. The van der Waals surface area contributed by atoms with Crippen molar-refractivity contribution in [3.05, 3.63) is 54.1 Å². The number of amides is 1. The molecule has 0 saturated carbocycles. The molecule has 0 heterocycles. The number of rotatable bonds is 10. The molecule has 7 heteroatoms. The predicted octanol–water partition coefficient (Wildman–Crippen LogP) is 4.55. The van der Waals surface area contributed by atoms with Gasteiger partial charge in [-0.1, -0.05) is 38.1 Å². The molecule has 0 bridgehead atoms.